The van der Waals surface area contributed by atoms with Gasteiger partial charge in [0.05, 0.1) is 5.02 Å². The van der Waals surface area contributed by atoms with Gasteiger partial charge in [0.25, 0.3) is 0 Å². The summed E-state index contributed by atoms with van der Waals surface area (Å²) >= 11 is 10.3. The lowest BCUT2D eigenvalue weighted by Crippen LogP contribution is -2.44. The summed E-state index contributed by atoms with van der Waals surface area (Å²) in [5.74, 6) is 0. The van der Waals surface area contributed by atoms with Crippen LogP contribution in [0, 0.1) is 0 Å². The average Bonchev–Trinajstić information content (AvgIpc) is 2.42. The van der Waals surface area contributed by atoms with Crippen LogP contribution in [0.1, 0.15) is 33.6 Å². The molecule has 1 N–H and O–H groups in total. The SMILES string of the molecule is CC(C)(C)OC(=O)N1CCC(Nc2ccc(Cl)c(S)c2)CC1. The zero-order chi connectivity index (χ0) is 16.3. The Morgan fingerprint density at radius 1 is 1.36 bits per heavy atom. The molecular formula is C16H23ClN2O2S. The van der Waals surface area contributed by atoms with Crippen molar-refractivity contribution in [2.24, 2.45) is 0 Å². The van der Waals surface area contributed by atoms with E-state index in [1.54, 1.807) is 4.90 Å². The predicted octanol–water partition coefficient (Wildman–Crippen LogP) is 4.44. The number of likely N-dealkylation sites (tertiary alicyclic amines) is 1. The standard InChI is InChI=1S/C16H23ClN2O2S/c1-16(2,3)21-15(20)19-8-6-11(7-9-19)18-12-4-5-13(17)14(22)10-12/h4-5,10-11,18,22H,6-9H2,1-3H3. The van der Waals surface area contributed by atoms with E-state index >= 15 is 0 Å². The van der Waals surface area contributed by atoms with Crippen molar-refractivity contribution in [1.82, 2.24) is 4.90 Å². The van der Waals surface area contributed by atoms with Gasteiger partial charge in [-0.3, -0.25) is 0 Å². The van der Waals surface area contributed by atoms with E-state index < -0.39 is 5.60 Å². The van der Waals surface area contributed by atoms with Crippen LogP contribution in [-0.4, -0.2) is 35.7 Å². The van der Waals surface area contributed by atoms with Crippen molar-refractivity contribution in [1.29, 1.82) is 0 Å². The highest BCUT2D eigenvalue weighted by Gasteiger charge is 2.26. The number of thiol groups is 1. The fourth-order valence-electron chi connectivity index (χ4n) is 2.37. The molecule has 0 bridgehead atoms. The highest BCUT2D eigenvalue weighted by atomic mass is 35.5. The molecule has 122 valence electrons. The van der Waals surface area contributed by atoms with Gasteiger partial charge in [0.2, 0.25) is 0 Å². The van der Waals surface area contributed by atoms with Gasteiger partial charge in [0.15, 0.2) is 0 Å². The van der Waals surface area contributed by atoms with Crippen LogP contribution < -0.4 is 5.32 Å². The van der Waals surface area contributed by atoms with Gasteiger partial charge in [0, 0.05) is 29.7 Å². The summed E-state index contributed by atoms with van der Waals surface area (Å²) < 4.78 is 5.40. The van der Waals surface area contributed by atoms with Crippen molar-refractivity contribution >= 4 is 36.0 Å². The number of halogens is 1. The number of hydrogen-bond donors (Lipinski definition) is 2. The van der Waals surface area contributed by atoms with Crippen LogP contribution in [0.4, 0.5) is 10.5 Å². The molecule has 1 aromatic carbocycles. The van der Waals surface area contributed by atoms with Crippen LogP contribution >= 0.6 is 24.2 Å². The molecular weight excluding hydrogens is 320 g/mol. The minimum absolute atomic E-state index is 0.227. The van der Waals surface area contributed by atoms with Crippen LogP contribution in [0.15, 0.2) is 23.1 Å². The third-order valence-corrected chi connectivity index (χ3v) is 4.29. The van der Waals surface area contributed by atoms with Crippen LogP contribution in [0.2, 0.25) is 5.02 Å². The van der Waals surface area contributed by atoms with E-state index in [4.69, 9.17) is 16.3 Å². The van der Waals surface area contributed by atoms with E-state index in [9.17, 15) is 4.79 Å². The molecule has 2 rings (SSSR count). The molecule has 0 saturated carbocycles. The minimum atomic E-state index is -0.446. The molecule has 1 fully saturated rings. The number of carbonyl (C=O) groups excluding carboxylic acids is 1. The molecule has 6 heteroatoms. The number of nitrogens with zero attached hydrogens (tertiary/aromatic N) is 1. The monoisotopic (exact) mass is 342 g/mol. The maximum atomic E-state index is 12.0. The summed E-state index contributed by atoms with van der Waals surface area (Å²) in [6.07, 6.45) is 1.56. The quantitative estimate of drug-likeness (QED) is 0.781. The normalized spacial score (nSPS) is 16.5. The second kappa shape index (κ2) is 7.01. The molecule has 1 aromatic rings. The Kier molecular flexibility index (Phi) is 5.50. The van der Waals surface area contributed by atoms with Gasteiger partial charge in [0.1, 0.15) is 5.60 Å². The largest absolute Gasteiger partial charge is 0.444 e. The lowest BCUT2D eigenvalue weighted by atomic mass is 10.0. The van der Waals surface area contributed by atoms with Crippen LogP contribution in [0.5, 0.6) is 0 Å². The molecule has 1 aliphatic rings. The Morgan fingerprint density at radius 2 is 2.00 bits per heavy atom. The Hall–Kier alpha value is -1.07. The van der Waals surface area contributed by atoms with E-state index in [0.29, 0.717) is 24.2 Å². The first-order valence-electron chi connectivity index (χ1n) is 7.47. The maximum Gasteiger partial charge on any atom is 0.410 e. The van der Waals surface area contributed by atoms with E-state index in [1.165, 1.54) is 0 Å². The third-order valence-electron chi connectivity index (χ3n) is 3.46. The predicted molar refractivity (Wildman–Crippen MR) is 93.2 cm³/mol. The number of benzene rings is 1. The molecule has 0 aliphatic carbocycles. The van der Waals surface area contributed by atoms with Crippen molar-refractivity contribution in [3.63, 3.8) is 0 Å². The number of piperidine rings is 1. The summed E-state index contributed by atoms with van der Waals surface area (Å²) in [6.45, 7) is 7.06. The van der Waals surface area contributed by atoms with E-state index in [2.05, 4.69) is 17.9 Å². The summed E-state index contributed by atoms with van der Waals surface area (Å²) in [6, 6.07) is 6.04. The highest BCUT2D eigenvalue weighted by molar-refractivity contribution is 7.80. The number of carbonyl (C=O) groups is 1. The molecule has 0 atom stereocenters. The Bertz CT molecular complexity index is 537. The lowest BCUT2D eigenvalue weighted by Gasteiger charge is -2.34. The topological polar surface area (TPSA) is 41.6 Å². The zero-order valence-corrected chi connectivity index (χ0v) is 14.9. The Balaban J connectivity index is 1.84. The fourth-order valence-corrected chi connectivity index (χ4v) is 2.70. The molecule has 0 spiro atoms. The van der Waals surface area contributed by atoms with Gasteiger partial charge in [-0.2, -0.15) is 0 Å². The van der Waals surface area contributed by atoms with Crippen LogP contribution in [0.3, 0.4) is 0 Å². The molecule has 1 aliphatic heterocycles. The summed E-state index contributed by atoms with van der Waals surface area (Å²) in [5.41, 5.74) is 0.559. The lowest BCUT2D eigenvalue weighted by molar-refractivity contribution is 0.0210. The molecule has 1 saturated heterocycles. The smallest absolute Gasteiger partial charge is 0.410 e. The molecule has 4 nitrogen and oxygen atoms in total. The number of ether oxygens (including phenoxy) is 1. The highest BCUT2D eigenvalue weighted by Crippen LogP contribution is 2.25. The second-order valence-corrected chi connectivity index (χ2v) is 7.44. The summed E-state index contributed by atoms with van der Waals surface area (Å²) in [5, 5.41) is 4.12. The van der Waals surface area contributed by atoms with Crippen LogP contribution in [0.25, 0.3) is 0 Å². The molecule has 1 amide bonds. The number of nitrogens with one attached hydrogen (secondary N) is 1. The van der Waals surface area contributed by atoms with Crippen molar-refractivity contribution in [3.05, 3.63) is 23.2 Å². The molecule has 1 heterocycles. The van der Waals surface area contributed by atoms with Gasteiger partial charge in [-0.25, -0.2) is 4.79 Å². The first kappa shape index (κ1) is 17.3. The van der Waals surface area contributed by atoms with Crippen molar-refractivity contribution in [2.75, 3.05) is 18.4 Å². The zero-order valence-electron chi connectivity index (χ0n) is 13.2. The Morgan fingerprint density at radius 3 is 2.55 bits per heavy atom. The summed E-state index contributed by atoms with van der Waals surface area (Å²) in [7, 11) is 0. The van der Waals surface area contributed by atoms with Crippen molar-refractivity contribution in [3.8, 4) is 0 Å². The van der Waals surface area contributed by atoms with Crippen LogP contribution in [-0.2, 0) is 4.74 Å². The molecule has 0 aromatic heterocycles. The van der Waals surface area contributed by atoms with Gasteiger partial charge in [-0.1, -0.05) is 11.6 Å². The molecule has 22 heavy (non-hydrogen) atoms. The van der Waals surface area contributed by atoms with Gasteiger partial charge >= 0.3 is 6.09 Å². The fraction of sp³-hybridized carbons (Fsp3) is 0.562. The molecule has 0 unspecified atom stereocenters. The van der Waals surface area contributed by atoms with E-state index in [-0.39, 0.29) is 6.09 Å². The summed E-state index contributed by atoms with van der Waals surface area (Å²) in [4.78, 5) is 14.6. The second-order valence-electron chi connectivity index (χ2n) is 6.55. The average molecular weight is 343 g/mol. The van der Waals surface area contributed by atoms with Crippen molar-refractivity contribution in [2.45, 2.75) is 50.2 Å². The molecule has 0 radical (unpaired) electrons. The van der Waals surface area contributed by atoms with Gasteiger partial charge in [-0.05, 0) is 51.8 Å². The maximum absolute atomic E-state index is 12.0. The number of amides is 1. The number of rotatable bonds is 2. The van der Waals surface area contributed by atoms with Crippen molar-refractivity contribution < 1.29 is 9.53 Å². The Labute approximate surface area is 142 Å². The first-order chi connectivity index (χ1) is 10.2. The van der Waals surface area contributed by atoms with Gasteiger partial charge < -0.3 is 15.0 Å². The number of anilines is 1. The van der Waals surface area contributed by atoms with E-state index in [0.717, 1.165) is 23.4 Å². The van der Waals surface area contributed by atoms with E-state index in [1.807, 2.05) is 39.0 Å². The minimum Gasteiger partial charge on any atom is -0.444 e. The van der Waals surface area contributed by atoms with Gasteiger partial charge in [-0.15, -0.1) is 12.6 Å². The first-order valence-corrected chi connectivity index (χ1v) is 8.30. The number of hydrogen-bond acceptors (Lipinski definition) is 4. The third kappa shape index (κ3) is 4.99.